The number of likely N-dealkylation sites (tertiary alicyclic amines) is 1. The number of carbonyl (C=O) groups excluding carboxylic acids is 5. The summed E-state index contributed by atoms with van der Waals surface area (Å²) >= 11 is 0. The van der Waals surface area contributed by atoms with Crippen LogP contribution in [0.25, 0.3) is 5.76 Å². The number of ketones is 2. The highest BCUT2D eigenvalue weighted by Gasteiger charge is 2.76. The normalized spacial score (nSPS) is 29.8. The van der Waals surface area contributed by atoms with Gasteiger partial charge in [0.05, 0.1) is 17.3 Å². The van der Waals surface area contributed by atoms with Gasteiger partial charge in [-0.2, -0.15) is 0 Å². The van der Waals surface area contributed by atoms with Gasteiger partial charge in [0.15, 0.2) is 17.1 Å². The summed E-state index contributed by atoms with van der Waals surface area (Å²) in [6.45, 7) is 5.41. The molecule has 50 heavy (non-hydrogen) atoms. The standard InChI is InChI=1S/C33H37F3N4O10/c1-4-6-8-39-13-19(41)40(30(39)48)17-10-18(50-33(34,35)36)16-9-15-11-31-14(3)12-38(7-5-2)26(31)25(44)22(29(37)47)28(46)32(31,49)27(45)20(15)24(43)21(16)23(17)42/h10,14-15,26,42-43,46,49H,4-9,11-13H2,1-3H3,(H2,37,47)/t14?,15-,26+,31+,32-/m0/s1. The molecule has 1 spiro atoms. The molecule has 1 saturated carbocycles. The van der Waals surface area contributed by atoms with Crippen molar-refractivity contribution in [1.82, 2.24) is 9.80 Å². The number of hydrogen-bond donors (Lipinski definition) is 5. The fourth-order valence-corrected chi connectivity index (χ4v) is 8.92. The molecule has 17 heteroatoms. The van der Waals surface area contributed by atoms with Crippen LogP contribution in [0.1, 0.15) is 57.6 Å². The molecule has 0 bridgehead atoms. The summed E-state index contributed by atoms with van der Waals surface area (Å²) in [6.07, 6.45) is -4.49. The zero-order valence-electron chi connectivity index (χ0n) is 27.5. The molecule has 270 valence electrons. The van der Waals surface area contributed by atoms with Gasteiger partial charge in [-0.1, -0.05) is 27.2 Å². The topological polar surface area (TPSA) is 211 Å². The van der Waals surface area contributed by atoms with Crippen molar-refractivity contribution in [3.63, 3.8) is 0 Å². The number of phenolic OH excluding ortho intramolecular Hbond substituents is 1. The van der Waals surface area contributed by atoms with E-state index in [4.69, 9.17) is 5.73 Å². The van der Waals surface area contributed by atoms with E-state index in [9.17, 15) is 57.6 Å². The smallest absolute Gasteiger partial charge is 0.508 e. The van der Waals surface area contributed by atoms with Crippen molar-refractivity contribution < 1.29 is 62.3 Å². The molecule has 3 fully saturated rings. The summed E-state index contributed by atoms with van der Waals surface area (Å²) in [5.41, 5.74) is -2.88. The number of anilines is 1. The summed E-state index contributed by atoms with van der Waals surface area (Å²) in [5.74, 6) is -10.9. The number of nitrogens with two attached hydrogens (primary N) is 1. The predicted octanol–water partition coefficient (Wildman–Crippen LogP) is 2.60. The number of alkyl halides is 3. The van der Waals surface area contributed by atoms with Crippen molar-refractivity contribution in [3.8, 4) is 11.5 Å². The third-order valence-electron chi connectivity index (χ3n) is 10.9. The third kappa shape index (κ3) is 4.65. The van der Waals surface area contributed by atoms with E-state index in [0.29, 0.717) is 30.2 Å². The zero-order valence-corrected chi connectivity index (χ0v) is 27.5. The van der Waals surface area contributed by atoms with Gasteiger partial charge in [-0.3, -0.25) is 24.1 Å². The maximum Gasteiger partial charge on any atom is 0.573 e. The van der Waals surface area contributed by atoms with E-state index < -0.39 is 129 Å². The second-order valence-corrected chi connectivity index (χ2v) is 13.6. The lowest BCUT2D eigenvalue weighted by molar-refractivity contribution is -0.275. The van der Waals surface area contributed by atoms with Crippen LogP contribution in [0.4, 0.5) is 23.7 Å². The Balaban J connectivity index is 1.59. The number of Topliss-reactive ketones (excluding diaryl/α,β-unsaturated/α-hetero) is 2. The monoisotopic (exact) mass is 706 g/mol. The van der Waals surface area contributed by atoms with Gasteiger partial charge < -0.3 is 35.8 Å². The van der Waals surface area contributed by atoms with Gasteiger partial charge in [-0.25, -0.2) is 9.69 Å². The third-order valence-corrected chi connectivity index (χ3v) is 10.9. The van der Waals surface area contributed by atoms with Crippen molar-refractivity contribution in [2.24, 2.45) is 23.0 Å². The molecule has 1 aromatic carbocycles. The van der Waals surface area contributed by atoms with Crippen LogP contribution in [-0.4, -0.2) is 104 Å². The SMILES string of the molecule is CCCCN1CC(=O)N(c2cc(OC(F)(F)F)c3c(c2O)C(O)=C2C(=O)[C@]4(O)C(O)=C(C(N)=O)C(=O)[C@H]5N(CCC)CC(C)[C@]54C[C@@H]2C3)C1=O. The Morgan fingerprint density at radius 2 is 1.78 bits per heavy atom. The van der Waals surface area contributed by atoms with E-state index >= 15 is 0 Å². The lowest BCUT2D eigenvalue weighted by Crippen LogP contribution is -2.71. The van der Waals surface area contributed by atoms with Gasteiger partial charge >= 0.3 is 12.4 Å². The van der Waals surface area contributed by atoms with Crippen molar-refractivity contribution in [3.05, 3.63) is 34.1 Å². The van der Waals surface area contributed by atoms with E-state index in [0.717, 1.165) is 4.90 Å². The molecular weight excluding hydrogens is 669 g/mol. The number of benzene rings is 1. The molecule has 4 amide bonds. The number of imide groups is 1. The van der Waals surface area contributed by atoms with Crippen LogP contribution in [0.5, 0.6) is 11.5 Å². The highest BCUT2D eigenvalue weighted by Crippen LogP contribution is 2.65. The number of ether oxygens (including phenoxy) is 1. The molecular formula is C33H37F3N4O10. The Morgan fingerprint density at radius 1 is 1.10 bits per heavy atom. The van der Waals surface area contributed by atoms with Gasteiger partial charge in [-0.15, -0.1) is 13.2 Å². The Labute approximate surface area is 283 Å². The van der Waals surface area contributed by atoms with Crippen molar-refractivity contribution in [2.45, 2.75) is 70.9 Å². The first-order valence-electron chi connectivity index (χ1n) is 16.4. The Morgan fingerprint density at radius 3 is 2.38 bits per heavy atom. The average Bonchev–Trinajstić information content (AvgIpc) is 3.46. The number of aliphatic hydroxyl groups excluding tert-OH is 2. The minimum atomic E-state index is -5.32. The number of aromatic hydroxyl groups is 1. The second-order valence-electron chi connectivity index (χ2n) is 13.6. The molecule has 1 unspecified atom stereocenters. The molecule has 2 heterocycles. The van der Waals surface area contributed by atoms with E-state index in [2.05, 4.69) is 4.74 Å². The second kappa shape index (κ2) is 11.7. The van der Waals surface area contributed by atoms with Crippen LogP contribution in [0.2, 0.25) is 0 Å². The molecule has 3 aliphatic carbocycles. The van der Waals surface area contributed by atoms with Gasteiger partial charge in [-0.05, 0) is 44.1 Å². The molecule has 1 aromatic rings. The molecule has 0 radical (unpaired) electrons. The fraction of sp³-hybridized carbons (Fsp3) is 0.545. The number of phenols is 1. The van der Waals surface area contributed by atoms with Crippen LogP contribution in [-0.2, 0) is 25.6 Å². The van der Waals surface area contributed by atoms with Gasteiger partial charge in [0.2, 0.25) is 5.78 Å². The molecule has 2 aliphatic heterocycles. The highest BCUT2D eigenvalue weighted by molar-refractivity contribution is 6.25. The average molecular weight is 707 g/mol. The van der Waals surface area contributed by atoms with Crippen LogP contribution >= 0.6 is 0 Å². The van der Waals surface area contributed by atoms with E-state index in [1.165, 1.54) is 0 Å². The minimum Gasteiger partial charge on any atom is -0.508 e. The van der Waals surface area contributed by atoms with Crippen LogP contribution < -0.4 is 15.4 Å². The number of halogens is 3. The van der Waals surface area contributed by atoms with Gasteiger partial charge in [0.1, 0.15) is 29.4 Å². The summed E-state index contributed by atoms with van der Waals surface area (Å²) in [5, 5.41) is 47.1. The Bertz CT molecular complexity index is 1810. The lowest BCUT2D eigenvalue weighted by atomic mass is 9.47. The van der Waals surface area contributed by atoms with Crippen molar-refractivity contribution >= 4 is 40.9 Å². The Kier molecular flexibility index (Phi) is 8.25. The number of fused-ring (bicyclic) bond motifs is 2. The first-order valence-corrected chi connectivity index (χ1v) is 16.4. The summed E-state index contributed by atoms with van der Waals surface area (Å²) < 4.78 is 45.9. The summed E-state index contributed by atoms with van der Waals surface area (Å²) in [4.78, 5) is 70.5. The molecule has 6 N–H and O–H groups in total. The molecule has 0 aromatic heterocycles. The quantitative estimate of drug-likeness (QED) is 0.196. The minimum absolute atomic E-state index is 0.132. The van der Waals surface area contributed by atoms with Crippen LogP contribution in [0.3, 0.4) is 0 Å². The molecule has 5 aliphatic rings. The van der Waals surface area contributed by atoms with Crippen LogP contribution in [0, 0.1) is 17.3 Å². The lowest BCUT2D eigenvalue weighted by Gasteiger charge is -2.57. The summed E-state index contributed by atoms with van der Waals surface area (Å²) in [7, 11) is 0. The number of urea groups is 1. The number of carbonyl (C=O) groups is 5. The zero-order chi connectivity index (χ0) is 36.8. The number of rotatable bonds is 8. The van der Waals surface area contributed by atoms with Gasteiger partial charge in [0, 0.05) is 35.7 Å². The fourth-order valence-electron chi connectivity index (χ4n) is 8.92. The van der Waals surface area contributed by atoms with Crippen LogP contribution in [0.15, 0.2) is 23.0 Å². The number of unbranched alkanes of at least 4 members (excludes halogenated alkanes) is 1. The largest absolute Gasteiger partial charge is 0.573 e. The molecule has 2 saturated heterocycles. The van der Waals surface area contributed by atoms with Gasteiger partial charge in [0.25, 0.3) is 11.8 Å². The number of primary amides is 1. The first-order chi connectivity index (χ1) is 23.4. The number of nitrogens with zero attached hydrogens (tertiary/aromatic N) is 3. The Hall–Kier alpha value is -4.64. The molecule has 6 rings (SSSR count). The maximum atomic E-state index is 14.6. The van der Waals surface area contributed by atoms with Crippen molar-refractivity contribution in [1.29, 1.82) is 0 Å². The van der Waals surface area contributed by atoms with E-state index in [-0.39, 0.29) is 26.1 Å². The molecule has 5 atom stereocenters. The number of hydrogen-bond acceptors (Lipinski definition) is 11. The van der Waals surface area contributed by atoms with E-state index in [1.54, 1.807) is 11.8 Å². The number of amides is 4. The molecule has 14 nitrogen and oxygen atoms in total. The first kappa shape index (κ1) is 35.2. The van der Waals surface area contributed by atoms with E-state index in [1.807, 2.05) is 13.8 Å². The summed E-state index contributed by atoms with van der Waals surface area (Å²) in [6, 6.07) is -1.62. The number of aliphatic hydroxyl groups is 3. The van der Waals surface area contributed by atoms with Crippen molar-refractivity contribution in [2.75, 3.05) is 31.1 Å². The highest BCUT2D eigenvalue weighted by atomic mass is 19.4. The predicted molar refractivity (Wildman–Crippen MR) is 167 cm³/mol. The maximum absolute atomic E-state index is 14.6.